The monoisotopic (exact) mass is 291 g/mol. The number of hydrogen-bond acceptors (Lipinski definition) is 5. The molecular weight excluding hydrogens is 270 g/mol. The van der Waals surface area contributed by atoms with E-state index in [1.165, 1.54) is 11.1 Å². The summed E-state index contributed by atoms with van der Waals surface area (Å²) >= 11 is 0. The number of rotatable bonds is 2. The quantitative estimate of drug-likeness (QED) is 0.776. The average Bonchev–Trinajstić information content (AvgIpc) is 2.86. The van der Waals surface area contributed by atoms with Crippen LogP contribution in [0.25, 0.3) is 0 Å². The molecule has 114 valence electrons. The van der Waals surface area contributed by atoms with Crippen LogP contribution in [0.2, 0.25) is 0 Å². The zero-order valence-electron chi connectivity index (χ0n) is 12.9. The molecule has 6 nitrogen and oxygen atoms in total. The number of aromatic nitrogens is 2. The Kier molecular flexibility index (Phi) is 4.25. The molecule has 1 aromatic rings. The lowest BCUT2D eigenvalue weighted by atomic mass is 10.1. The molecule has 0 radical (unpaired) electrons. The van der Waals surface area contributed by atoms with Gasteiger partial charge in [0.15, 0.2) is 0 Å². The van der Waals surface area contributed by atoms with E-state index in [4.69, 9.17) is 4.74 Å². The molecular formula is C15H21N3O3. The minimum absolute atomic E-state index is 0.260. The molecule has 1 atom stereocenters. The van der Waals surface area contributed by atoms with Gasteiger partial charge in [-0.3, -0.25) is 9.78 Å². The number of nitrogens with zero attached hydrogens (tertiary/aromatic N) is 3. The molecule has 0 unspecified atom stereocenters. The third-order valence-electron chi connectivity index (χ3n) is 3.19. The number of esters is 1. The zero-order chi connectivity index (χ0) is 15.6. The van der Waals surface area contributed by atoms with E-state index >= 15 is 0 Å². The Bertz CT molecular complexity index is 534. The third-order valence-corrected chi connectivity index (χ3v) is 3.19. The summed E-state index contributed by atoms with van der Waals surface area (Å²) in [6.45, 7) is 7.80. The highest BCUT2D eigenvalue weighted by Gasteiger charge is 2.37. The summed E-state index contributed by atoms with van der Waals surface area (Å²) in [6.07, 6.45) is 4.41. The van der Waals surface area contributed by atoms with Crippen LogP contribution >= 0.6 is 0 Å². The van der Waals surface area contributed by atoms with Crippen molar-refractivity contribution in [1.82, 2.24) is 14.9 Å². The van der Waals surface area contributed by atoms with Crippen LogP contribution in [0.3, 0.4) is 0 Å². The van der Waals surface area contributed by atoms with E-state index in [2.05, 4.69) is 9.97 Å². The number of carbonyl (C=O) groups excluding carboxylic acids is 2. The van der Waals surface area contributed by atoms with Crippen LogP contribution in [0.5, 0.6) is 0 Å². The molecule has 0 aliphatic carbocycles. The summed E-state index contributed by atoms with van der Waals surface area (Å²) in [5.74, 6) is -0.621. The first-order valence-electron chi connectivity index (χ1n) is 7.10. The zero-order valence-corrected chi connectivity index (χ0v) is 12.9. The number of aryl methyl sites for hydroxylation is 1. The Balaban J connectivity index is 2.13. The first-order chi connectivity index (χ1) is 9.78. The molecule has 1 aromatic heterocycles. The maximum Gasteiger partial charge on any atom is 0.329 e. The van der Waals surface area contributed by atoms with Crippen LogP contribution in [0.4, 0.5) is 0 Å². The molecule has 0 bridgehead atoms. The number of hydrogen-bond donors (Lipinski definition) is 0. The summed E-state index contributed by atoms with van der Waals surface area (Å²) in [7, 11) is 0. The van der Waals surface area contributed by atoms with Gasteiger partial charge < -0.3 is 9.64 Å². The fourth-order valence-corrected chi connectivity index (χ4v) is 2.27. The fraction of sp³-hybridized carbons (Fsp3) is 0.600. The van der Waals surface area contributed by atoms with Gasteiger partial charge in [0.1, 0.15) is 17.3 Å². The molecule has 2 rings (SSSR count). The molecule has 1 aliphatic heterocycles. The second kappa shape index (κ2) is 5.79. The van der Waals surface area contributed by atoms with Crippen molar-refractivity contribution >= 4 is 11.9 Å². The van der Waals surface area contributed by atoms with E-state index in [0.29, 0.717) is 13.0 Å². The Morgan fingerprint density at radius 3 is 2.57 bits per heavy atom. The number of likely N-dealkylation sites (tertiary alicyclic amines) is 1. The lowest BCUT2D eigenvalue weighted by molar-refractivity contribution is -0.159. The highest BCUT2D eigenvalue weighted by atomic mass is 16.6. The van der Waals surface area contributed by atoms with Crippen LogP contribution < -0.4 is 0 Å². The average molecular weight is 291 g/mol. The number of amides is 1. The van der Waals surface area contributed by atoms with Crippen molar-refractivity contribution in [1.29, 1.82) is 0 Å². The SMILES string of the molecule is Cc1cnc(C(=O)N2CCC[C@H]2C(=O)OC(C)(C)C)cn1. The van der Waals surface area contributed by atoms with Gasteiger partial charge in [-0.1, -0.05) is 0 Å². The summed E-state index contributed by atoms with van der Waals surface area (Å²) in [5.41, 5.74) is 0.450. The van der Waals surface area contributed by atoms with Crippen LogP contribution in [0.1, 0.15) is 49.8 Å². The molecule has 2 heterocycles. The van der Waals surface area contributed by atoms with E-state index in [1.807, 2.05) is 20.8 Å². The molecule has 0 saturated carbocycles. The fourth-order valence-electron chi connectivity index (χ4n) is 2.27. The lowest BCUT2D eigenvalue weighted by Gasteiger charge is -2.27. The van der Waals surface area contributed by atoms with Crippen molar-refractivity contribution in [2.45, 2.75) is 52.2 Å². The molecule has 0 aromatic carbocycles. The molecule has 1 fully saturated rings. The van der Waals surface area contributed by atoms with E-state index in [0.717, 1.165) is 12.1 Å². The third kappa shape index (κ3) is 3.77. The van der Waals surface area contributed by atoms with Gasteiger partial charge in [-0.25, -0.2) is 9.78 Å². The van der Waals surface area contributed by atoms with Gasteiger partial charge in [-0.05, 0) is 40.5 Å². The summed E-state index contributed by atoms with van der Waals surface area (Å²) in [5, 5.41) is 0. The van der Waals surface area contributed by atoms with Gasteiger partial charge in [-0.2, -0.15) is 0 Å². The van der Waals surface area contributed by atoms with Crippen LogP contribution in [0.15, 0.2) is 12.4 Å². The Labute approximate surface area is 124 Å². The molecule has 0 spiro atoms. The van der Waals surface area contributed by atoms with Crippen LogP contribution in [-0.2, 0) is 9.53 Å². The highest BCUT2D eigenvalue weighted by Crippen LogP contribution is 2.22. The van der Waals surface area contributed by atoms with Crippen molar-refractivity contribution in [3.63, 3.8) is 0 Å². The normalized spacial score (nSPS) is 18.7. The number of carbonyl (C=O) groups is 2. The molecule has 0 N–H and O–H groups in total. The molecule has 21 heavy (non-hydrogen) atoms. The summed E-state index contributed by atoms with van der Waals surface area (Å²) < 4.78 is 5.39. The van der Waals surface area contributed by atoms with Crippen molar-refractivity contribution in [3.05, 3.63) is 23.8 Å². The Morgan fingerprint density at radius 1 is 1.29 bits per heavy atom. The molecule has 1 saturated heterocycles. The first kappa shape index (κ1) is 15.4. The smallest absolute Gasteiger partial charge is 0.329 e. The predicted molar refractivity (Wildman–Crippen MR) is 76.7 cm³/mol. The van der Waals surface area contributed by atoms with Crippen molar-refractivity contribution in [2.24, 2.45) is 0 Å². The lowest BCUT2D eigenvalue weighted by Crippen LogP contribution is -2.43. The molecule has 6 heteroatoms. The standard InChI is InChI=1S/C15H21N3O3/c1-10-8-17-11(9-16-10)13(19)18-7-5-6-12(18)14(20)21-15(2,3)4/h8-9,12H,5-7H2,1-4H3/t12-/m0/s1. The summed E-state index contributed by atoms with van der Waals surface area (Å²) in [4.78, 5) is 34.4. The highest BCUT2D eigenvalue weighted by molar-refractivity contribution is 5.95. The van der Waals surface area contributed by atoms with Crippen molar-refractivity contribution in [2.75, 3.05) is 6.54 Å². The predicted octanol–water partition coefficient (Wildman–Crippen LogP) is 1.73. The van der Waals surface area contributed by atoms with Crippen molar-refractivity contribution in [3.8, 4) is 0 Å². The largest absolute Gasteiger partial charge is 0.458 e. The van der Waals surface area contributed by atoms with Gasteiger partial charge in [0.2, 0.25) is 0 Å². The van der Waals surface area contributed by atoms with Gasteiger partial charge in [0.25, 0.3) is 5.91 Å². The van der Waals surface area contributed by atoms with Gasteiger partial charge >= 0.3 is 5.97 Å². The minimum atomic E-state index is -0.557. The van der Waals surface area contributed by atoms with E-state index in [9.17, 15) is 9.59 Å². The Hall–Kier alpha value is -1.98. The molecule has 1 aliphatic rings. The van der Waals surface area contributed by atoms with Crippen molar-refractivity contribution < 1.29 is 14.3 Å². The maximum atomic E-state index is 12.5. The van der Waals surface area contributed by atoms with Gasteiger partial charge in [0, 0.05) is 12.7 Å². The van der Waals surface area contributed by atoms with Crippen LogP contribution in [-0.4, -0.2) is 44.9 Å². The van der Waals surface area contributed by atoms with E-state index in [-0.39, 0.29) is 17.6 Å². The number of ether oxygens (including phenoxy) is 1. The maximum absolute atomic E-state index is 12.5. The van der Waals surface area contributed by atoms with E-state index < -0.39 is 11.6 Å². The first-order valence-corrected chi connectivity index (χ1v) is 7.10. The van der Waals surface area contributed by atoms with Gasteiger partial charge in [-0.15, -0.1) is 0 Å². The minimum Gasteiger partial charge on any atom is -0.458 e. The van der Waals surface area contributed by atoms with Crippen LogP contribution in [0, 0.1) is 6.92 Å². The Morgan fingerprint density at radius 2 is 2.00 bits per heavy atom. The summed E-state index contributed by atoms with van der Waals surface area (Å²) in [6, 6.07) is -0.528. The molecule has 1 amide bonds. The second-order valence-corrected chi connectivity index (χ2v) is 6.23. The van der Waals surface area contributed by atoms with E-state index in [1.54, 1.807) is 13.1 Å². The topological polar surface area (TPSA) is 72.4 Å². The second-order valence-electron chi connectivity index (χ2n) is 6.23. The van der Waals surface area contributed by atoms with Gasteiger partial charge in [0.05, 0.1) is 11.9 Å².